The standard InChI is InChI=1S/C18H17N5O3/c1-12(21-17(25)15-4-2-11-26-15)16(24)22-13-5-7-14(8-6-13)23-18-19-9-3-10-20-18/h2-12H,1H3,(H,21,25)(H,22,24)(H,19,20,23)/t12-/m0/s1. The first kappa shape index (κ1) is 17.2. The number of nitrogens with zero attached hydrogens (tertiary/aromatic N) is 2. The highest BCUT2D eigenvalue weighted by Crippen LogP contribution is 2.16. The molecule has 8 nitrogen and oxygen atoms in total. The van der Waals surface area contributed by atoms with E-state index in [1.807, 2.05) is 0 Å². The van der Waals surface area contributed by atoms with Crippen molar-refractivity contribution in [3.8, 4) is 0 Å². The van der Waals surface area contributed by atoms with Crippen LogP contribution < -0.4 is 16.0 Å². The summed E-state index contributed by atoms with van der Waals surface area (Å²) < 4.78 is 5.00. The minimum atomic E-state index is -0.719. The summed E-state index contributed by atoms with van der Waals surface area (Å²) in [5.74, 6) is -0.140. The Hall–Kier alpha value is -3.68. The van der Waals surface area contributed by atoms with Gasteiger partial charge in [-0.2, -0.15) is 0 Å². The van der Waals surface area contributed by atoms with Crippen LogP contribution in [0.2, 0.25) is 0 Å². The van der Waals surface area contributed by atoms with Crippen molar-refractivity contribution in [1.29, 1.82) is 0 Å². The van der Waals surface area contributed by atoms with Crippen LogP contribution in [0.3, 0.4) is 0 Å². The normalized spacial score (nSPS) is 11.4. The second kappa shape index (κ2) is 7.93. The molecule has 0 aliphatic rings. The van der Waals surface area contributed by atoms with Crippen LogP contribution in [0.15, 0.2) is 65.5 Å². The summed E-state index contributed by atoms with van der Waals surface area (Å²) in [6.45, 7) is 1.60. The topological polar surface area (TPSA) is 109 Å². The Labute approximate surface area is 149 Å². The van der Waals surface area contributed by atoms with Crippen LogP contribution in [-0.2, 0) is 4.79 Å². The molecule has 0 saturated carbocycles. The van der Waals surface area contributed by atoms with Gasteiger partial charge in [0.25, 0.3) is 5.91 Å². The zero-order valence-electron chi connectivity index (χ0n) is 14.0. The molecule has 0 spiro atoms. The number of carbonyl (C=O) groups excluding carboxylic acids is 2. The molecular formula is C18H17N5O3. The lowest BCUT2D eigenvalue weighted by atomic mass is 10.2. The molecule has 3 rings (SSSR count). The zero-order valence-corrected chi connectivity index (χ0v) is 14.0. The van der Waals surface area contributed by atoms with E-state index in [0.717, 1.165) is 5.69 Å². The highest BCUT2D eigenvalue weighted by Gasteiger charge is 2.18. The minimum absolute atomic E-state index is 0.156. The molecule has 0 bridgehead atoms. The third-order valence-electron chi connectivity index (χ3n) is 3.46. The molecule has 2 aromatic heterocycles. The van der Waals surface area contributed by atoms with E-state index in [1.165, 1.54) is 12.3 Å². The van der Waals surface area contributed by atoms with Crippen LogP contribution in [0.1, 0.15) is 17.5 Å². The number of aromatic nitrogens is 2. The SMILES string of the molecule is C[C@H](NC(=O)c1ccco1)C(=O)Nc1ccc(Nc2ncccn2)cc1. The number of amides is 2. The van der Waals surface area contributed by atoms with Gasteiger partial charge in [-0.1, -0.05) is 0 Å². The highest BCUT2D eigenvalue weighted by molar-refractivity contribution is 5.99. The van der Waals surface area contributed by atoms with Gasteiger partial charge in [-0.25, -0.2) is 9.97 Å². The highest BCUT2D eigenvalue weighted by atomic mass is 16.3. The summed E-state index contributed by atoms with van der Waals surface area (Å²) >= 11 is 0. The van der Waals surface area contributed by atoms with Gasteiger partial charge in [-0.15, -0.1) is 0 Å². The lowest BCUT2D eigenvalue weighted by molar-refractivity contribution is -0.117. The molecule has 8 heteroatoms. The van der Waals surface area contributed by atoms with E-state index in [4.69, 9.17) is 4.42 Å². The minimum Gasteiger partial charge on any atom is -0.459 e. The van der Waals surface area contributed by atoms with Gasteiger partial charge >= 0.3 is 0 Å². The fourth-order valence-corrected chi connectivity index (χ4v) is 2.12. The van der Waals surface area contributed by atoms with Crippen molar-refractivity contribution in [3.05, 3.63) is 66.9 Å². The quantitative estimate of drug-likeness (QED) is 0.630. The number of hydrogen-bond donors (Lipinski definition) is 3. The molecule has 0 aliphatic heterocycles. The van der Waals surface area contributed by atoms with E-state index >= 15 is 0 Å². The number of carbonyl (C=O) groups is 2. The molecule has 2 heterocycles. The monoisotopic (exact) mass is 351 g/mol. The van der Waals surface area contributed by atoms with E-state index in [0.29, 0.717) is 11.6 Å². The number of furan rings is 1. The fourth-order valence-electron chi connectivity index (χ4n) is 2.12. The molecule has 0 radical (unpaired) electrons. The molecule has 1 aromatic carbocycles. The van der Waals surface area contributed by atoms with Crippen LogP contribution in [-0.4, -0.2) is 27.8 Å². The van der Waals surface area contributed by atoms with E-state index in [9.17, 15) is 9.59 Å². The fraction of sp³-hybridized carbons (Fsp3) is 0.111. The Morgan fingerprint density at radius 3 is 2.35 bits per heavy atom. The Morgan fingerprint density at radius 1 is 1.00 bits per heavy atom. The first-order valence-corrected chi connectivity index (χ1v) is 7.91. The molecular weight excluding hydrogens is 334 g/mol. The van der Waals surface area contributed by atoms with Crippen molar-refractivity contribution in [3.63, 3.8) is 0 Å². The summed E-state index contributed by atoms with van der Waals surface area (Å²) in [4.78, 5) is 32.2. The number of nitrogens with one attached hydrogen (secondary N) is 3. The molecule has 3 N–H and O–H groups in total. The van der Waals surface area contributed by atoms with Gasteiger partial charge in [0, 0.05) is 23.8 Å². The average Bonchev–Trinajstić information content (AvgIpc) is 3.19. The van der Waals surface area contributed by atoms with Crippen LogP contribution in [0.25, 0.3) is 0 Å². The van der Waals surface area contributed by atoms with Crippen molar-refractivity contribution in [1.82, 2.24) is 15.3 Å². The number of anilines is 3. The lowest BCUT2D eigenvalue weighted by Gasteiger charge is -2.13. The van der Waals surface area contributed by atoms with Crippen molar-refractivity contribution >= 4 is 29.1 Å². The van der Waals surface area contributed by atoms with E-state index in [2.05, 4.69) is 25.9 Å². The largest absolute Gasteiger partial charge is 0.459 e. The Kier molecular flexibility index (Phi) is 5.23. The summed E-state index contributed by atoms with van der Waals surface area (Å²) in [5, 5.41) is 8.36. The first-order valence-electron chi connectivity index (χ1n) is 7.91. The molecule has 0 unspecified atom stereocenters. The zero-order chi connectivity index (χ0) is 18.4. The van der Waals surface area contributed by atoms with Gasteiger partial charge in [0.15, 0.2) is 5.76 Å². The molecule has 0 saturated heterocycles. The Bertz CT molecular complexity index is 864. The molecule has 2 amide bonds. The predicted octanol–water partition coefficient (Wildman–Crippen LogP) is 2.57. The summed E-state index contributed by atoms with van der Waals surface area (Å²) in [6.07, 6.45) is 4.68. The van der Waals surface area contributed by atoms with E-state index in [-0.39, 0.29) is 11.7 Å². The molecule has 132 valence electrons. The van der Waals surface area contributed by atoms with Crippen molar-refractivity contribution in [2.24, 2.45) is 0 Å². The summed E-state index contributed by atoms with van der Waals surface area (Å²) in [6, 6.07) is 11.2. The number of hydrogen-bond acceptors (Lipinski definition) is 6. The van der Waals surface area contributed by atoms with Gasteiger partial charge in [0.05, 0.1) is 6.26 Å². The van der Waals surface area contributed by atoms with Gasteiger partial charge < -0.3 is 20.4 Å². The Balaban J connectivity index is 1.54. The van der Waals surface area contributed by atoms with E-state index in [1.54, 1.807) is 55.7 Å². The van der Waals surface area contributed by atoms with Crippen LogP contribution in [0.4, 0.5) is 17.3 Å². The second-order valence-corrected chi connectivity index (χ2v) is 5.44. The number of benzene rings is 1. The van der Waals surface area contributed by atoms with E-state index < -0.39 is 11.9 Å². The van der Waals surface area contributed by atoms with Crippen molar-refractivity contribution in [2.45, 2.75) is 13.0 Å². The third-order valence-corrected chi connectivity index (χ3v) is 3.46. The van der Waals surface area contributed by atoms with Crippen LogP contribution >= 0.6 is 0 Å². The maximum Gasteiger partial charge on any atom is 0.287 e. The number of rotatable bonds is 6. The molecule has 26 heavy (non-hydrogen) atoms. The van der Waals surface area contributed by atoms with Gasteiger partial charge in [0.2, 0.25) is 11.9 Å². The van der Waals surface area contributed by atoms with Crippen LogP contribution in [0, 0.1) is 0 Å². The predicted molar refractivity (Wildman–Crippen MR) is 96.0 cm³/mol. The van der Waals surface area contributed by atoms with Gasteiger partial charge in [-0.05, 0) is 49.4 Å². The van der Waals surface area contributed by atoms with Crippen molar-refractivity contribution in [2.75, 3.05) is 10.6 Å². The Morgan fingerprint density at radius 2 is 1.69 bits per heavy atom. The molecule has 1 atom stereocenters. The van der Waals surface area contributed by atoms with Crippen molar-refractivity contribution < 1.29 is 14.0 Å². The second-order valence-electron chi connectivity index (χ2n) is 5.44. The smallest absolute Gasteiger partial charge is 0.287 e. The molecule has 3 aromatic rings. The van der Waals surface area contributed by atoms with Gasteiger partial charge in [0.1, 0.15) is 6.04 Å². The van der Waals surface area contributed by atoms with Gasteiger partial charge in [-0.3, -0.25) is 9.59 Å². The summed E-state index contributed by atoms with van der Waals surface area (Å²) in [5.41, 5.74) is 1.39. The maximum atomic E-state index is 12.2. The third kappa shape index (κ3) is 4.44. The summed E-state index contributed by atoms with van der Waals surface area (Å²) in [7, 11) is 0. The average molecular weight is 351 g/mol. The van der Waals surface area contributed by atoms with Crippen LogP contribution in [0.5, 0.6) is 0 Å². The maximum absolute atomic E-state index is 12.2. The first-order chi connectivity index (χ1) is 12.6. The molecule has 0 fully saturated rings. The molecule has 0 aliphatic carbocycles. The lowest BCUT2D eigenvalue weighted by Crippen LogP contribution is -2.41.